The number of fused-ring (bicyclic) bond motifs is 1. The number of hydroxylamine groups is 1. The summed E-state index contributed by atoms with van der Waals surface area (Å²) in [6.07, 6.45) is 5.45. The highest BCUT2D eigenvalue weighted by atomic mass is 32.2. The van der Waals surface area contributed by atoms with Crippen molar-refractivity contribution in [2.24, 2.45) is 5.92 Å². The number of sulfonamides is 1. The first kappa shape index (κ1) is 22.9. The van der Waals surface area contributed by atoms with Crippen LogP contribution in [0.4, 0.5) is 5.69 Å². The van der Waals surface area contributed by atoms with Gasteiger partial charge >= 0.3 is 0 Å². The van der Waals surface area contributed by atoms with E-state index in [1.165, 1.54) is 17.8 Å². The molecule has 2 amide bonds. The fourth-order valence-electron chi connectivity index (χ4n) is 4.47. The number of thiophene rings is 1. The summed E-state index contributed by atoms with van der Waals surface area (Å²) in [5.74, 6) is -0.647. The van der Waals surface area contributed by atoms with Crippen LogP contribution >= 0.6 is 11.3 Å². The lowest BCUT2D eigenvalue weighted by atomic mass is 9.88. The molecule has 1 aromatic heterocycles. The third-order valence-corrected chi connectivity index (χ3v) is 9.41. The van der Waals surface area contributed by atoms with Crippen molar-refractivity contribution in [2.45, 2.75) is 62.9 Å². The third-order valence-electron chi connectivity index (χ3n) is 6.19. The van der Waals surface area contributed by atoms with Gasteiger partial charge in [0, 0.05) is 21.4 Å². The van der Waals surface area contributed by atoms with E-state index in [-0.39, 0.29) is 29.7 Å². The molecule has 32 heavy (non-hydrogen) atoms. The molecule has 4 rings (SSSR count). The highest BCUT2D eigenvalue weighted by Crippen LogP contribution is 2.42. The minimum absolute atomic E-state index is 0.0431. The van der Waals surface area contributed by atoms with E-state index < -0.39 is 22.0 Å². The van der Waals surface area contributed by atoms with Gasteiger partial charge in [0.2, 0.25) is 15.9 Å². The summed E-state index contributed by atoms with van der Waals surface area (Å²) in [5.41, 5.74) is 3.08. The molecule has 1 fully saturated rings. The van der Waals surface area contributed by atoms with Gasteiger partial charge < -0.3 is 5.32 Å². The number of rotatable bonds is 6. The average Bonchev–Trinajstić information content (AvgIpc) is 3.33. The van der Waals surface area contributed by atoms with E-state index in [9.17, 15) is 18.0 Å². The number of hydrogen-bond donors (Lipinski definition) is 3. The topological polar surface area (TPSA) is 116 Å². The van der Waals surface area contributed by atoms with Crippen LogP contribution in [0.15, 0.2) is 35.2 Å². The van der Waals surface area contributed by atoms with E-state index >= 15 is 0 Å². The van der Waals surface area contributed by atoms with Gasteiger partial charge in [-0.05, 0) is 43.0 Å². The first-order valence-corrected chi connectivity index (χ1v) is 13.1. The second kappa shape index (κ2) is 9.30. The lowest BCUT2D eigenvalue weighted by Gasteiger charge is -2.23. The SMILES string of the molecule is CCC(C(=O)NO)N1Cc2sc(-c3cccc(NC(=O)C4CCCCC4)c3)cc2S1(=O)=O. The third kappa shape index (κ3) is 4.32. The van der Waals surface area contributed by atoms with Gasteiger partial charge in [0.05, 0.1) is 11.4 Å². The minimum Gasteiger partial charge on any atom is -0.326 e. The molecule has 3 N–H and O–H groups in total. The highest BCUT2D eigenvalue weighted by molar-refractivity contribution is 7.89. The second-order valence-corrected chi connectivity index (χ2v) is 11.2. The summed E-state index contributed by atoms with van der Waals surface area (Å²) in [4.78, 5) is 26.1. The summed E-state index contributed by atoms with van der Waals surface area (Å²) in [6, 6.07) is 8.09. The van der Waals surface area contributed by atoms with Gasteiger partial charge in [-0.2, -0.15) is 4.31 Å². The fraction of sp³-hybridized carbons (Fsp3) is 0.455. The number of nitrogens with one attached hydrogen (secondary N) is 2. The normalized spacial score (nSPS) is 19.3. The van der Waals surface area contributed by atoms with Gasteiger partial charge in [0.25, 0.3) is 5.91 Å². The van der Waals surface area contributed by atoms with Crippen molar-refractivity contribution in [3.8, 4) is 10.4 Å². The predicted molar refractivity (Wildman–Crippen MR) is 122 cm³/mol. The molecular weight excluding hydrogens is 450 g/mol. The van der Waals surface area contributed by atoms with Crippen molar-refractivity contribution in [1.82, 2.24) is 9.79 Å². The number of benzene rings is 1. The van der Waals surface area contributed by atoms with Crippen LogP contribution < -0.4 is 10.8 Å². The maximum atomic E-state index is 13.1. The molecule has 172 valence electrons. The molecule has 1 aromatic carbocycles. The zero-order chi connectivity index (χ0) is 22.9. The van der Waals surface area contributed by atoms with Crippen LogP contribution in [0.3, 0.4) is 0 Å². The van der Waals surface area contributed by atoms with E-state index in [2.05, 4.69) is 5.32 Å². The molecular formula is C22H27N3O5S2. The summed E-state index contributed by atoms with van der Waals surface area (Å²) < 4.78 is 27.2. The van der Waals surface area contributed by atoms with Crippen molar-refractivity contribution in [3.05, 3.63) is 35.2 Å². The summed E-state index contributed by atoms with van der Waals surface area (Å²) in [5, 5.41) is 12.0. The van der Waals surface area contributed by atoms with Crippen molar-refractivity contribution < 1.29 is 23.2 Å². The molecule has 0 spiro atoms. The van der Waals surface area contributed by atoms with Crippen molar-refractivity contribution >= 4 is 38.9 Å². The largest absolute Gasteiger partial charge is 0.326 e. The fourth-order valence-corrected chi connectivity index (χ4v) is 7.87. The molecule has 1 unspecified atom stereocenters. The Kier molecular flexibility index (Phi) is 6.66. The second-order valence-electron chi connectivity index (χ2n) is 8.25. The van der Waals surface area contributed by atoms with Gasteiger partial charge in [-0.1, -0.05) is 38.3 Å². The molecule has 0 saturated heterocycles. The zero-order valence-electron chi connectivity index (χ0n) is 17.8. The van der Waals surface area contributed by atoms with Crippen LogP contribution in [0.25, 0.3) is 10.4 Å². The average molecular weight is 478 g/mol. The Morgan fingerprint density at radius 1 is 1.22 bits per heavy atom. The van der Waals surface area contributed by atoms with Gasteiger partial charge in [-0.3, -0.25) is 14.8 Å². The van der Waals surface area contributed by atoms with Gasteiger partial charge in [-0.15, -0.1) is 11.3 Å². The summed E-state index contributed by atoms with van der Waals surface area (Å²) in [6.45, 7) is 1.78. The van der Waals surface area contributed by atoms with Crippen molar-refractivity contribution in [2.75, 3.05) is 5.32 Å². The standard InChI is InChI=1S/C22H27N3O5S2/c1-2-17(22(27)24-28)25-13-19-20(32(25,29)30)12-18(31-19)15-9-6-10-16(11-15)23-21(26)14-7-4-3-5-8-14/h6,9-12,14,17,28H,2-5,7-8,13H2,1H3,(H,23,26)(H,24,27). The Bertz CT molecular complexity index is 1120. The van der Waals surface area contributed by atoms with Crippen molar-refractivity contribution in [1.29, 1.82) is 0 Å². The summed E-state index contributed by atoms with van der Waals surface area (Å²) in [7, 11) is -3.84. The van der Waals surface area contributed by atoms with E-state index in [1.807, 2.05) is 24.3 Å². The number of nitrogens with zero attached hydrogens (tertiary/aromatic N) is 1. The molecule has 2 aromatic rings. The highest BCUT2D eigenvalue weighted by Gasteiger charge is 2.43. The van der Waals surface area contributed by atoms with E-state index in [4.69, 9.17) is 5.21 Å². The van der Waals surface area contributed by atoms with Crippen LogP contribution in [-0.2, 0) is 26.2 Å². The van der Waals surface area contributed by atoms with Gasteiger partial charge in [0.1, 0.15) is 6.04 Å². The van der Waals surface area contributed by atoms with Crippen molar-refractivity contribution in [3.63, 3.8) is 0 Å². The molecule has 1 aliphatic carbocycles. The number of hydrogen-bond acceptors (Lipinski definition) is 6. The Labute approximate surface area is 191 Å². The number of carbonyl (C=O) groups excluding carboxylic acids is 2. The lowest BCUT2D eigenvalue weighted by Crippen LogP contribution is -2.45. The molecule has 0 bridgehead atoms. The summed E-state index contributed by atoms with van der Waals surface area (Å²) >= 11 is 1.36. The Morgan fingerprint density at radius 3 is 2.62 bits per heavy atom. The molecule has 2 aliphatic rings. The number of amides is 2. The molecule has 1 aliphatic heterocycles. The molecule has 8 nitrogen and oxygen atoms in total. The van der Waals surface area contributed by atoms with Crippen LogP contribution in [-0.4, -0.2) is 35.8 Å². The Hall–Kier alpha value is -2.27. The van der Waals surface area contributed by atoms with Crippen LogP contribution in [0.1, 0.15) is 50.3 Å². The van der Waals surface area contributed by atoms with Gasteiger partial charge in [0.15, 0.2) is 0 Å². The first-order chi connectivity index (χ1) is 15.3. The molecule has 1 atom stereocenters. The molecule has 2 heterocycles. The Balaban J connectivity index is 1.54. The zero-order valence-corrected chi connectivity index (χ0v) is 19.5. The van der Waals surface area contributed by atoms with E-state index in [0.717, 1.165) is 40.4 Å². The maximum Gasteiger partial charge on any atom is 0.261 e. The quantitative estimate of drug-likeness (QED) is 0.433. The van der Waals surface area contributed by atoms with Gasteiger partial charge in [-0.25, -0.2) is 13.9 Å². The number of carbonyl (C=O) groups is 2. The molecule has 1 saturated carbocycles. The Morgan fingerprint density at radius 2 is 1.97 bits per heavy atom. The van der Waals surface area contributed by atoms with E-state index in [0.29, 0.717) is 10.6 Å². The smallest absolute Gasteiger partial charge is 0.261 e. The monoisotopic (exact) mass is 477 g/mol. The van der Waals surface area contributed by atoms with E-state index in [1.54, 1.807) is 18.5 Å². The van der Waals surface area contributed by atoms with Crippen LogP contribution in [0, 0.1) is 5.92 Å². The lowest BCUT2D eigenvalue weighted by molar-refractivity contribution is -0.133. The maximum absolute atomic E-state index is 13.1. The molecule has 10 heteroatoms. The molecule has 0 radical (unpaired) electrons. The van der Waals surface area contributed by atoms with Crippen LogP contribution in [0.2, 0.25) is 0 Å². The predicted octanol–water partition coefficient (Wildman–Crippen LogP) is 3.72. The number of anilines is 1. The first-order valence-electron chi connectivity index (χ1n) is 10.8. The van der Waals surface area contributed by atoms with Crippen LogP contribution in [0.5, 0.6) is 0 Å². The minimum atomic E-state index is -3.84.